The van der Waals surface area contributed by atoms with E-state index < -0.39 is 0 Å². The highest BCUT2D eigenvalue weighted by Crippen LogP contribution is 2.45. The van der Waals surface area contributed by atoms with Gasteiger partial charge in [0.25, 0.3) is 0 Å². The maximum atomic E-state index is 12.8. The van der Waals surface area contributed by atoms with Gasteiger partial charge in [-0.25, -0.2) is 0 Å². The van der Waals surface area contributed by atoms with Crippen LogP contribution in [-0.2, 0) is 20.7 Å². The van der Waals surface area contributed by atoms with Gasteiger partial charge in [-0.2, -0.15) is 0 Å². The van der Waals surface area contributed by atoms with Gasteiger partial charge in [-0.3, -0.25) is 4.79 Å². The fourth-order valence-corrected chi connectivity index (χ4v) is 4.21. The Kier molecular flexibility index (Phi) is 6.08. The first kappa shape index (κ1) is 19.2. The van der Waals surface area contributed by atoms with E-state index in [0.29, 0.717) is 0 Å². The lowest BCUT2D eigenvalue weighted by Gasteiger charge is -2.23. The quantitative estimate of drug-likeness (QED) is 0.775. The molecule has 4 nitrogen and oxygen atoms in total. The van der Waals surface area contributed by atoms with Crippen LogP contribution in [0.15, 0.2) is 42.5 Å². The van der Waals surface area contributed by atoms with Crippen LogP contribution in [0.5, 0.6) is 0 Å². The van der Waals surface area contributed by atoms with Crippen molar-refractivity contribution >= 4 is 5.91 Å². The monoisotopic (exact) mass is 379 g/mol. The fourth-order valence-electron chi connectivity index (χ4n) is 4.21. The molecule has 1 saturated heterocycles. The van der Waals surface area contributed by atoms with Gasteiger partial charge in [0.2, 0.25) is 5.91 Å². The van der Waals surface area contributed by atoms with E-state index in [1.165, 1.54) is 16.7 Å². The molecule has 2 aromatic rings. The van der Waals surface area contributed by atoms with Crippen molar-refractivity contribution in [3.05, 3.63) is 59.2 Å². The smallest absolute Gasteiger partial charge is 0.232 e. The van der Waals surface area contributed by atoms with E-state index in [2.05, 4.69) is 48.6 Å². The highest BCUT2D eigenvalue weighted by molar-refractivity contribution is 5.96. The summed E-state index contributed by atoms with van der Waals surface area (Å²) in [6.07, 6.45) is 4.84. The molecule has 0 aromatic heterocycles. The largest absolute Gasteiger partial charge is 0.355 e. The minimum atomic E-state index is -0.198. The lowest BCUT2D eigenvalue weighted by molar-refractivity contribution is -0.181. The Morgan fingerprint density at radius 3 is 2.68 bits per heavy atom. The summed E-state index contributed by atoms with van der Waals surface area (Å²) in [4.78, 5) is 12.8. The zero-order valence-electron chi connectivity index (χ0n) is 16.6. The third-order valence-corrected chi connectivity index (χ3v) is 5.60. The summed E-state index contributed by atoms with van der Waals surface area (Å²) in [5.41, 5.74) is 5.94. The molecule has 1 aliphatic carbocycles. The molecular formula is C24H29NO3. The van der Waals surface area contributed by atoms with E-state index in [1.807, 2.05) is 6.07 Å². The lowest BCUT2D eigenvalue weighted by Crippen LogP contribution is -2.29. The Bertz CT molecular complexity index is 826. The van der Waals surface area contributed by atoms with Crippen molar-refractivity contribution in [2.75, 3.05) is 19.8 Å². The molecule has 0 saturated carbocycles. The fraction of sp³-hybridized carbons (Fsp3) is 0.458. The van der Waals surface area contributed by atoms with Crippen LogP contribution in [0.25, 0.3) is 11.1 Å². The standard InChI is InChI=1S/C24H29NO3/c1-2-13-25-24(26)23-19-9-4-3-8-18(19)21-16-17(11-12-20(21)23)7-5-10-22-27-14-6-15-28-22/h3-4,8-9,11-12,16,22-23H,2,5-7,10,13-15H2,1H3,(H,25,26). The van der Waals surface area contributed by atoms with Crippen molar-refractivity contribution in [2.45, 2.75) is 51.2 Å². The molecule has 1 heterocycles. The number of rotatable bonds is 7. The molecule has 1 amide bonds. The SMILES string of the molecule is CCCNC(=O)C1c2ccccc2-c2cc(CCCC3OCCCO3)ccc21. The second-order valence-electron chi connectivity index (χ2n) is 7.65. The van der Waals surface area contributed by atoms with Crippen molar-refractivity contribution in [1.29, 1.82) is 0 Å². The van der Waals surface area contributed by atoms with E-state index in [9.17, 15) is 4.79 Å². The highest BCUT2D eigenvalue weighted by Gasteiger charge is 2.33. The maximum absolute atomic E-state index is 12.8. The maximum Gasteiger partial charge on any atom is 0.232 e. The van der Waals surface area contributed by atoms with Gasteiger partial charge in [-0.05, 0) is 59.9 Å². The molecule has 0 radical (unpaired) electrons. The molecule has 1 atom stereocenters. The van der Waals surface area contributed by atoms with E-state index in [-0.39, 0.29) is 18.1 Å². The molecule has 0 bridgehead atoms. The van der Waals surface area contributed by atoms with Crippen LogP contribution in [0.1, 0.15) is 55.2 Å². The third-order valence-electron chi connectivity index (χ3n) is 5.60. The zero-order valence-corrected chi connectivity index (χ0v) is 16.6. The molecular weight excluding hydrogens is 350 g/mol. The number of hydrogen-bond acceptors (Lipinski definition) is 3. The molecule has 4 heteroatoms. The van der Waals surface area contributed by atoms with Crippen molar-refractivity contribution in [1.82, 2.24) is 5.32 Å². The van der Waals surface area contributed by atoms with Crippen molar-refractivity contribution in [3.8, 4) is 11.1 Å². The molecule has 4 rings (SSSR count). The van der Waals surface area contributed by atoms with Gasteiger partial charge in [-0.15, -0.1) is 0 Å². The molecule has 1 aliphatic heterocycles. The van der Waals surface area contributed by atoms with Gasteiger partial charge in [-0.1, -0.05) is 49.4 Å². The predicted octanol–water partition coefficient (Wildman–Crippen LogP) is 4.41. The minimum absolute atomic E-state index is 0.0458. The average Bonchev–Trinajstić information content (AvgIpc) is 3.07. The van der Waals surface area contributed by atoms with Gasteiger partial charge in [0.15, 0.2) is 6.29 Å². The number of fused-ring (bicyclic) bond motifs is 3. The first-order valence-corrected chi connectivity index (χ1v) is 10.5. The Morgan fingerprint density at radius 2 is 1.86 bits per heavy atom. The summed E-state index contributed by atoms with van der Waals surface area (Å²) in [6, 6.07) is 14.9. The van der Waals surface area contributed by atoms with Gasteiger partial charge >= 0.3 is 0 Å². The molecule has 2 aromatic carbocycles. The number of carbonyl (C=O) groups excluding carboxylic acids is 1. The van der Waals surface area contributed by atoms with Crippen molar-refractivity contribution < 1.29 is 14.3 Å². The average molecular weight is 380 g/mol. The Hall–Kier alpha value is -2.17. The second-order valence-corrected chi connectivity index (χ2v) is 7.65. The van der Waals surface area contributed by atoms with Crippen LogP contribution >= 0.6 is 0 Å². The number of carbonyl (C=O) groups is 1. The van der Waals surface area contributed by atoms with Crippen LogP contribution in [0.4, 0.5) is 0 Å². The Morgan fingerprint density at radius 1 is 1.07 bits per heavy atom. The van der Waals surface area contributed by atoms with Gasteiger partial charge < -0.3 is 14.8 Å². The molecule has 1 N–H and O–H groups in total. The topological polar surface area (TPSA) is 47.6 Å². The Labute approximate surface area is 167 Å². The summed E-state index contributed by atoms with van der Waals surface area (Å²) in [6.45, 7) is 4.41. The number of amides is 1. The van der Waals surface area contributed by atoms with Crippen LogP contribution in [0.2, 0.25) is 0 Å². The Balaban J connectivity index is 1.50. The minimum Gasteiger partial charge on any atom is -0.355 e. The molecule has 1 unspecified atom stereocenters. The van der Waals surface area contributed by atoms with Crippen LogP contribution in [-0.4, -0.2) is 32.0 Å². The molecule has 1 fully saturated rings. The first-order valence-electron chi connectivity index (χ1n) is 10.5. The number of ether oxygens (including phenoxy) is 2. The highest BCUT2D eigenvalue weighted by atomic mass is 16.7. The third kappa shape index (κ3) is 3.98. The molecule has 2 aliphatic rings. The molecule has 148 valence electrons. The second kappa shape index (κ2) is 8.89. The summed E-state index contributed by atoms with van der Waals surface area (Å²) >= 11 is 0. The number of nitrogens with one attached hydrogen (secondary N) is 1. The van der Waals surface area contributed by atoms with Crippen LogP contribution in [0, 0.1) is 0 Å². The lowest BCUT2D eigenvalue weighted by atomic mass is 9.94. The zero-order chi connectivity index (χ0) is 19.3. The summed E-state index contributed by atoms with van der Waals surface area (Å²) in [5, 5.41) is 3.07. The summed E-state index contributed by atoms with van der Waals surface area (Å²) < 4.78 is 11.3. The van der Waals surface area contributed by atoms with Gasteiger partial charge in [0, 0.05) is 6.54 Å². The molecule has 28 heavy (non-hydrogen) atoms. The van der Waals surface area contributed by atoms with E-state index in [4.69, 9.17) is 9.47 Å². The van der Waals surface area contributed by atoms with Crippen molar-refractivity contribution in [3.63, 3.8) is 0 Å². The van der Waals surface area contributed by atoms with E-state index in [0.717, 1.165) is 63.0 Å². The number of hydrogen-bond donors (Lipinski definition) is 1. The summed E-state index contributed by atoms with van der Waals surface area (Å²) in [5.74, 6) is -0.0942. The number of benzene rings is 2. The van der Waals surface area contributed by atoms with Gasteiger partial charge in [0.1, 0.15) is 0 Å². The van der Waals surface area contributed by atoms with Crippen LogP contribution < -0.4 is 5.32 Å². The number of aryl methyl sites for hydroxylation is 1. The summed E-state index contributed by atoms with van der Waals surface area (Å²) in [7, 11) is 0. The predicted molar refractivity (Wildman–Crippen MR) is 110 cm³/mol. The van der Waals surface area contributed by atoms with Crippen LogP contribution in [0.3, 0.4) is 0 Å². The van der Waals surface area contributed by atoms with E-state index >= 15 is 0 Å². The normalized spacial score (nSPS) is 18.5. The van der Waals surface area contributed by atoms with Gasteiger partial charge in [0.05, 0.1) is 19.1 Å². The molecule has 0 spiro atoms. The van der Waals surface area contributed by atoms with Crippen molar-refractivity contribution in [2.24, 2.45) is 0 Å². The van der Waals surface area contributed by atoms with E-state index in [1.54, 1.807) is 0 Å². The first-order chi connectivity index (χ1) is 13.8.